The Morgan fingerprint density at radius 2 is 2.11 bits per heavy atom. The summed E-state index contributed by atoms with van der Waals surface area (Å²) in [5.41, 5.74) is 1.01. The monoisotopic (exact) mass is 247 g/mol. The first-order valence-electron chi connectivity index (χ1n) is 5.67. The van der Waals surface area contributed by atoms with Crippen LogP contribution in [-0.2, 0) is 20.8 Å². The fourth-order valence-corrected chi connectivity index (χ4v) is 1.74. The fraction of sp³-hybridized carbons (Fsp3) is 0.333. The summed E-state index contributed by atoms with van der Waals surface area (Å²) in [4.78, 5) is 37.7. The van der Waals surface area contributed by atoms with Crippen molar-refractivity contribution in [3.8, 4) is 0 Å². The van der Waals surface area contributed by atoms with Crippen molar-refractivity contribution in [3.05, 3.63) is 30.1 Å². The van der Waals surface area contributed by atoms with Crippen LogP contribution in [0.4, 0.5) is 0 Å². The minimum absolute atomic E-state index is 0.0276. The van der Waals surface area contributed by atoms with Gasteiger partial charge in [0.15, 0.2) is 0 Å². The van der Waals surface area contributed by atoms with Gasteiger partial charge in [0, 0.05) is 18.8 Å². The Bertz CT molecular complexity index is 473. The summed E-state index contributed by atoms with van der Waals surface area (Å²) in [5, 5.41) is 4.69. The molecule has 6 nitrogen and oxygen atoms in total. The molecule has 1 fully saturated rings. The van der Waals surface area contributed by atoms with Crippen LogP contribution in [0.25, 0.3) is 0 Å². The van der Waals surface area contributed by atoms with E-state index in [2.05, 4.69) is 15.6 Å². The van der Waals surface area contributed by atoms with Gasteiger partial charge in [0.1, 0.15) is 6.04 Å². The van der Waals surface area contributed by atoms with Gasteiger partial charge in [0.25, 0.3) is 0 Å². The number of imide groups is 1. The molecule has 1 aromatic rings. The molecule has 0 radical (unpaired) electrons. The summed E-state index contributed by atoms with van der Waals surface area (Å²) in [5.74, 6) is -1.02. The van der Waals surface area contributed by atoms with Crippen molar-refractivity contribution in [2.75, 3.05) is 0 Å². The molecule has 1 saturated heterocycles. The maximum Gasteiger partial charge on any atom is 0.249 e. The maximum atomic E-state index is 11.6. The van der Waals surface area contributed by atoms with Crippen molar-refractivity contribution in [3.63, 3.8) is 0 Å². The lowest BCUT2D eigenvalue weighted by Crippen LogP contribution is -2.40. The molecule has 0 aliphatic carbocycles. The van der Waals surface area contributed by atoms with E-state index >= 15 is 0 Å². The van der Waals surface area contributed by atoms with E-state index in [-0.39, 0.29) is 24.7 Å². The van der Waals surface area contributed by atoms with Crippen LogP contribution in [0.15, 0.2) is 24.5 Å². The van der Waals surface area contributed by atoms with Gasteiger partial charge in [-0.3, -0.25) is 24.7 Å². The van der Waals surface area contributed by atoms with Gasteiger partial charge >= 0.3 is 0 Å². The third kappa shape index (κ3) is 3.13. The third-order valence-corrected chi connectivity index (χ3v) is 2.69. The van der Waals surface area contributed by atoms with Crippen LogP contribution in [0, 0.1) is 0 Å². The lowest BCUT2D eigenvalue weighted by molar-refractivity contribution is -0.128. The van der Waals surface area contributed by atoms with Crippen LogP contribution in [0.2, 0.25) is 0 Å². The highest BCUT2D eigenvalue weighted by Gasteiger charge is 2.31. The zero-order chi connectivity index (χ0) is 13.0. The molecule has 2 heterocycles. The van der Waals surface area contributed by atoms with Gasteiger partial charge in [0.05, 0.1) is 6.42 Å². The topological polar surface area (TPSA) is 88.2 Å². The predicted molar refractivity (Wildman–Crippen MR) is 62.3 cm³/mol. The van der Waals surface area contributed by atoms with Crippen LogP contribution in [0.5, 0.6) is 0 Å². The quantitative estimate of drug-likeness (QED) is 0.705. The summed E-state index contributed by atoms with van der Waals surface area (Å²) >= 11 is 0. The Morgan fingerprint density at radius 1 is 1.39 bits per heavy atom. The molecule has 6 heteroatoms. The summed E-state index contributed by atoms with van der Waals surface area (Å²) in [6.45, 7) is 0. The van der Waals surface area contributed by atoms with E-state index in [9.17, 15) is 14.4 Å². The van der Waals surface area contributed by atoms with Crippen molar-refractivity contribution in [2.45, 2.75) is 25.3 Å². The van der Waals surface area contributed by atoms with Crippen molar-refractivity contribution in [1.82, 2.24) is 15.6 Å². The van der Waals surface area contributed by atoms with Crippen LogP contribution in [0.1, 0.15) is 18.4 Å². The zero-order valence-corrected chi connectivity index (χ0v) is 9.68. The van der Waals surface area contributed by atoms with E-state index in [1.807, 2.05) is 12.1 Å². The molecule has 1 unspecified atom stereocenters. The van der Waals surface area contributed by atoms with E-state index in [1.165, 1.54) is 0 Å². The second kappa shape index (κ2) is 5.39. The van der Waals surface area contributed by atoms with Gasteiger partial charge in [-0.05, 0) is 24.1 Å². The molecule has 0 bridgehead atoms. The number of hydrogen-bond donors (Lipinski definition) is 2. The van der Waals surface area contributed by atoms with Crippen molar-refractivity contribution >= 4 is 17.7 Å². The van der Waals surface area contributed by atoms with Gasteiger partial charge < -0.3 is 5.32 Å². The number of nitrogens with zero attached hydrogens (tertiary/aromatic N) is 1. The largest absolute Gasteiger partial charge is 0.344 e. The minimum atomic E-state index is -0.720. The van der Waals surface area contributed by atoms with Gasteiger partial charge in [-0.1, -0.05) is 0 Å². The standard InChI is InChI=1S/C12H13N3O3/c16-10(2-1-8-3-5-13-6-4-8)14-9-7-11(17)15-12(9)18/h3-6,9H,1-2,7H2,(H,14,16)(H,15,17,18). The van der Waals surface area contributed by atoms with E-state index < -0.39 is 11.9 Å². The van der Waals surface area contributed by atoms with E-state index in [1.54, 1.807) is 12.4 Å². The Kier molecular flexibility index (Phi) is 3.66. The molecule has 0 saturated carbocycles. The normalized spacial score (nSPS) is 18.6. The number of hydrogen-bond acceptors (Lipinski definition) is 4. The van der Waals surface area contributed by atoms with Gasteiger partial charge in [-0.2, -0.15) is 0 Å². The predicted octanol–water partition coefficient (Wildman–Crippen LogP) is -0.455. The van der Waals surface area contributed by atoms with Gasteiger partial charge in [0.2, 0.25) is 17.7 Å². The molecule has 3 amide bonds. The molecular weight excluding hydrogens is 234 g/mol. The fourth-order valence-electron chi connectivity index (χ4n) is 1.74. The zero-order valence-electron chi connectivity index (χ0n) is 9.68. The van der Waals surface area contributed by atoms with E-state index in [4.69, 9.17) is 0 Å². The Balaban J connectivity index is 1.79. The van der Waals surface area contributed by atoms with Crippen LogP contribution in [0.3, 0.4) is 0 Å². The van der Waals surface area contributed by atoms with Gasteiger partial charge in [-0.25, -0.2) is 0 Å². The molecule has 0 aromatic carbocycles. The molecule has 1 atom stereocenters. The summed E-state index contributed by atoms with van der Waals surface area (Å²) in [6, 6.07) is 2.94. The molecule has 1 aromatic heterocycles. The Labute approximate surface area is 104 Å². The molecule has 94 valence electrons. The lowest BCUT2D eigenvalue weighted by atomic mass is 10.1. The smallest absolute Gasteiger partial charge is 0.249 e. The van der Waals surface area contributed by atoms with Crippen LogP contribution in [-0.4, -0.2) is 28.7 Å². The van der Waals surface area contributed by atoms with Gasteiger partial charge in [-0.15, -0.1) is 0 Å². The number of nitrogens with one attached hydrogen (secondary N) is 2. The number of carbonyl (C=O) groups is 3. The maximum absolute atomic E-state index is 11.6. The second-order valence-electron chi connectivity index (χ2n) is 4.09. The van der Waals surface area contributed by atoms with Crippen LogP contribution >= 0.6 is 0 Å². The number of rotatable bonds is 4. The lowest BCUT2D eigenvalue weighted by Gasteiger charge is -2.08. The average Bonchev–Trinajstić information content (AvgIpc) is 2.67. The number of carbonyl (C=O) groups excluding carboxylic acids is 3. The molecule has 2 N–H and O–H groups in total. The van der Waals surface area contributed by atoms with Crippen molar-refractivity contribution in [1.29, 1.82) is 0 Å². The van der Waals surface area contributed by atoms with Crippen LogP contribution < -0.4 is 10.6 Å². The summed E-state index contributed by atoms with van der Waals surface area (Å²) < 4.78 is 0. The summed E-state index contributed by atoms with van der Waals surface area (Å²) in [7, 11) is 0. The first-order valence-corrected chi connectivity index (χ1v) is 5.67. The SMILES string of the molecule is O=C1CC(NC(=O)CCc2ccncc2)C(=O)N1. The number of pyridine rings is 1. The summed E-state index contributed by atoms with van der Waals surface area (Å²) in [6.07, 6.45) is 4.21. The highest BCUT2D eigenvalue weighted by Crippen LogP contribution is 2.04. The Morgan fingerprint density at radius 3 is 2.72 bits per heavy atom. The first kappa shape index (κ1) is 12.2. The first-order chi connectivity index (χ1) is 8.65. The average molecular weight is 247 g/mol. The highest BCUT2D eigenvalue weighted by molar-refractivity contribution is 6.06. The molecule has 18 heavy (non-hydrogen) atoms. The Hall–Kier alpha value is -2.24. The highest BCUT2D eigenvalue weighted by atomic mass is 16.2. The number of aryl methyl sites for hydroxylation is 1. The number of amides is 3. The molecule has 2 rings (SSSR count). The molecule has 1 aliphatic heterocycles. The molecular formula is C12H13N3O3. The van der Waals surface area contributed by atoms with Crippen molar-refractivity contribution in [2.24, 2.45) is 0 Å². The third-order valence-electron chi connectivity index (χ3n) is 2.69. The van der Waals surface area contributed by atoms with E-state index in [0.29, 0.717) is 6.42 Å². The van der Waals surface area contributed by atoms with Crippen molar-refractivity contribution < 1.29 is 14.4 Å². The molecule has 0 spiro atoms. The molecule has 1 aliphatic rings. The number of aromatic nitrogens is 1. The second-order valence-corrected chi connectivity index (χ2v) is 4.09. The van der Waals surface area contributed by atoms with E-state index in [0.717, 1.165) is 5.56 Å². The minimum Gasteiger partial charge on any atom is -0.344 e.